The Morgan fingerprint density at radius 1 is 1.36 bits per heavy atom. The van der Waals surface area contributed by atoms with Gasteiger partial charge in [-0.25, -0.2) is 9.97 Å². The third-order valence-corrected chi connectivity index (χ3v) is 3.39. The first-order valence-corrected chi connectivity index (χ1v) is 6.83. The van der Waals surface area contributed by atoms with Gasteiger partial charge in [-0.1, -0.05) is 12.1 Å². The van der Waals surface area contributed by atoms with Gasteiger partial charge in [-0.2, -0.15) is 0 Å². The Kier molecular flexibility index (Phi) is 3.46. The number of fused-ring (bicyclic) bond motifs is 1. The maximum atomic E-state index is 11.1. The van der Waals surface area contributed by atoms with Crippen LogP contribution >= 0.6 is 0 Å². The van der Waals surface area contributed by atoms with Crippen molar-refractivity contribution in [2.75, 3.05) is 5.32 Å². The lowest BCUT2D eigenvalue weighted by atomic mass is 10.2. The molecule has 0 fully saturated rings. The lowest BCUT2D eigenvalue weighted by Gasteiger charge is -2.04. The second-order valence-electron chi connectivity index (χ2n) is 5.15. The summed E-state index contributed by atoms with van der Waals surface area (Å²) < 4.78 is 0. The van der Waals surface area contributed by atoms with Gasteiger partial charge in [0.25, 0.3) is 0 Å². The van der Waals surface area contributed by atoms with Crippen LogP contribution in [-0.4, -0.2) is 19.9 Å². The molecule has 7 heteroatoms. The number of nitrogens with zero attached hydrogens (tertiary/aromatic N) is 3. The summed E-state index contributed by atoms with van der Waals surface area (Å²) in [6.07, 6.45) is 1.60. The summed E-state index contributed by atoms with van der Waals surface area (Å²) in [6, 6.07) is 7.40. The van der Waals surface area contributed by atoms with Crippen LogP contribution in [0.5, 0.6) is 0 Å². The Hall–Kier alpha value is -2.96. The summed E-state index contributed by atoms with van der Waals surface area (Å²) in [5.41, 5.74) is 3.65. The molecule has 22 heavy (non-hydrogen) atoms. The number of para-hydroxylation sites is 1. The lowest BCUT2D eigenvalue weighted by molar-refractivity contribution is -0.384. The third kappa shape index (κ3) is 2.60. The molecule has 0 saturated heterocycles. The molecule has 0 spiro atoms. The monoisotopic (exact) mass is 297 g/mol. The molecule has 0 amide bonds. The molecular weight excluding hydrogens is 282 g/mol. The third-order valence-electron chi connectivity index (χ3n) is 3.39. The summed E-state index contributed by atoms with van der Waals surface area (Å²) in [5.74, 6) is 0.953. The van der Waals surface area contributed by atoms with E-state index in [9.17, 15) is 10.1 Å². The van der Waals surface area contributed by atoms with Crippen molar-refractivity contribution in [2.24, 2.45) is 0 Å². The van der Waals surface area contributed by atoms with Gasteiger partial charge >= 0.3 is 5.69 Å². The van der Waals surface area contributed by atoms with Crippen LogP contribution in [0.15, 0.2) is 30.5 Å². The molecule has 2 aromatic heterocycles. The Morgan fingerprint density at radius 3 is 2.91 bits per heavy atom. The number of H-pyrrole nitrogens is 1. The summed E-state index contributed by atoms with van der Waals surface area (Å²) in [7, 11) is 0. The Morgan fingerprint density at radius 2 is 2.18 bits per heavy atom. The van der Waals surface area contributed by atoms with Gasteiger partial charge < -0.3 is 10.3 Å². The molecular formula is C15H15N5O2. The minimum Gasteiger partial charge on any atom is -0.357 e. The highest BCUT2D eigenvalue weighted by molar-refractivity contribution is 5.78. The molecule has 0 aliphatic rings. The topological polar surface area (TPSA) is 96.7 Å². The number of hydrogen-bond acceptors (Lipinski definition) is 5. The molecule has 1 aromatic carbocycles. The number of aromatic nitrogens is 3. The van der Waals surface area contributed by atoms with E-state index < -0.39 is 4.92 Å². The molecule has 0 radical (unpaired) electrons. The molecule has 3 rings (SSSR count). The second-order valence-corrected chi connectivity index (χ2v) is 5.15. The lowest BCUT2D eigenvalue weighted by Crippen LogP contribution is -2.06. The summed E-state index contributed by atoms with van der Waals surface area (Å²) in [5, 5.41) is 14.0. The highest BCUT2D eigenvalue weighted by atomic mass is 16.6. The Bertz CT molecular complexity index is 856. The van der Waals surface area contributed by atoms with E-state index in [1.54, 1.807) is 13.1 Å². The van der Waals surface area contributed by atoms with Crippen molar-refractivity contribution in [3.63, 3.8) is 0 Å². The van der Waals surface area contributed by atoms with E-state index in [1.807, 2.05) is 25.1 Å². The van der Waals surface area contributed by atoms with Crippen molar-refractivity contribution in [1.29, 1.82) is 0 Å². The van der Waals surface area contributed by atoms with Crippen LogP contribution in [0.1, 0.15) is 17.0 Å². The van der Waals surface area contributed by atoms with E-state index in [0.29, 0.717) is 12.4 Å². The number of benzene rings is 1. The highest BCUT2D eigenvalue weighted by Gasteiger charge is 2.15. The number of nitro groups is 1. The number of anilines is 1. The zero-order valence-electron chi connectivity index (χ0n) is 12.3. The summed E-state index contributed by atoms with van der Waals surface area (Å²) in [4.78, 5) is 22.4. The predicted molar refractivity (Wildman–Crippen MR) is 83.8 cm³/mol. The summed E-state index contributed by atoms with van der Waals surface area (Å²) in [6.45, 7) is 4.10. The van der Waals surface area contributed by atoms with Crippen molar-refractivity contribution < 1.29 is 4.92 Å². The van der Waals surface area contributed by atoms with Crippen molar-refractivity contribution in [1.82, 2.24) is 15.0 Å². The van der Waals surface area contributed by atoms with Gasteiger partial charge in [0.1, 0.15) is 5.82 Å². The fourth-order valence-electron chi connectivity index (χ4n) is 2.31. The van der Waals surface area contributed by atoms with Gasteiger partial charge in [0, 0.05) is 12.3 Å². The first-order valence-electron chi connectivity index (χ1n) is 6.83. The number of imidazole rings is 1. The van der Waals surface area contributed by atoms with E-state index in [4.69, 9.17) is 0 Å². The van der Waals surface area contributed by atoms with Crippen molar-refractivity contribution in [3.8, 4) is 0 Å². The molecule has 3 aromatic rings. The number of pyridine rings is 1. The molecule has 0 unspecified atom stereocenters. The van der Waals surface area contributed by atoms with Crippen LogP contribution in [0.3, 0.4) is 0 Å². The van der Waals surface area contributed by atoms with Crippen molar-refractivity contribution in [3.05, 3.63) is 57.5 Å². The summed E-state index contributed by atoms with van der Waals surface area (Å²) >= 11 is 0. The van der Waals surface area contributed by atoms with Crippen LogP contribution in [0.2, 0.25) is 0 Å². The fourth-order valence-corrected chi connectivity index (χ4v) is 2.31. The molecule has 2 N–H and O–H groups in total. The standard InChI is InChI=1S/C15H15N5O2/c1-9-6-12(20(21)22)15(16-7-9)17-8-13-18-11-5-3-4-10(2)14(11)19-13/h3-7H,8H2,1-2H3,(H,16,17)(H,18,19). The van der Waals surface area contributed by atoms with Crippen LogP contribution in [0.25, 0.3) is 11.0 Å². The molecule has 0 saturated carbocycles. The van der Waals surface area contributed by atoms with Crippen LogP contribution in [-0.2, 0) is 6.54 Å². The highest BCUT2D eigenvalue weighted by Crippen LogP contribution is 2.23. The van der Waals surface area contributed by atoms with E-state index in [2.05, 4.69) is 20.3 Å². The van der Waals surface area contributed by atoms with Crippen molar-refractivity contribution in [2.45, 2.75) is 20.4 Å². The average molecular weight is 297 g/mol. The largest absolute Gasteiger partial charge is 0.357 e. The van der Waals surface area contributed by atoms with Crippen LogP contribution in [0, 0.1) is 24.0 Å². The van der Waals surface area contributed by atoms with Gasteiger partial charge in [0.15, 0.2) is 0 Å². The Balaban J connectivity index is 1.85. The van der Waals surface area contributed by atoms with Gasteiger partial charge in [-0.05, 0) is 31.0 Å². The molecule has 0 aliphatic heterocycles. The number of nitrogens with one attached hydrogen (secondary N) is 2. The first-order chi connectivity index (χ1) is 10.5. The minimum atomic E-state index is -0.439. The van der Waals surface area contributed by atoms with Crippen LogP contribution in [0.4, 0.5) is 11.5 Å². The Labute approximate surface area is 126 Å². The number of hydrogen-bond donors (Lipinski definition) is 2. The second kappa shape index (κ2) is 5.44. The first kappa shape index (κ1) is 14.0. The van der Waals surface area contributed by atoms with Crippen molar-refractivity contribution >= 4 is 22.5 Å². The van der Waals surface area contributed by atoms with Gasteiger partial charge in [0.05, 0.1) is 22.5 Å². The molecule has 2 heterocycles. The van der Waals surface area contributed by atoms with E-state index in [-0.39, 0.29) is 11.5 Å². The molecule has 0 aliphatic carbocycles. The molecule has 112 valence electrons. The van der Waals surface area contributed by atoms with Gasteiger partial charge in [0.2, 0.25) is 5.82 Å². The van der Waals surface area contributed by atoms with E-state index in [0.717, 1.165) is 22.2 Å². The van der Waals surface area contributed by atoms with Gasteiger partial charge in [-0.3, -0.25) is 10.1 Å². The number of rotatable bonds is 4. The number of aryl methyl sites for hydroxylation is 2. The quantitative estimate of drug-likeness (QED) is 0.569. The molecule has 0 atom stereocenters. The SMILES string of the molecule is Cc1cnc(NCc2nc3c(C)cccc3[nH]2)c([N+](=O)[O-])c1. The zero-order chi connectivity index (χ0) is 15.7. The minimum absolute atomic E-state index is 0.0349. The van der Waals surface area contributed by atoms with Crippen LogP contribution < -0.4 is 5.32 Å². The number of aromatic amines is 1. The smallest absolute Gasteiger partial charge is 0.311 e. The molecule has 7 nitrogen and oxygen atoms in total. The van der Waals surface area contributed by atoms with Gasteiger partial charge in [-0.15, -0.1) is 0 Å². The van der Waals surface area contributed by atoms with E-state index in [1.165, 1.54) is 6.07 Å². The maximum absolute atomic E-state index is 11.1. The van der Waals surface area contributed by atoms with E-state index >= 15 is 0 Å². The normalized spacial score (nSPS) is 10.8. The average Bonchev–Trinajstić information content (AvgIpc) is 2.90. The fraction of sp³-hybridized carbons (Fsp3) is 0.200. The maximum Gasteiger partial charge on any atom is 0.311 e. The predicted octanol–water partition coefficient (Wildman–Crippen LogP) is 3.10. The zero-order valence-corrected chi connectivity index (χ0v) is 12.3. The molecule has 0 bridgehead atoms.